The topological polar surface area (TPSA) is 76.7 Å². The molecule has 1 aliphatic carbocycles. The molecule has 1 atom stereocenters. The SMILES string of the molecule is COCCNC(=O)c1ccccc1NC(=O)[C@H](C)Oc1ccc2c(c1)CCCC2. The smallest absolute Gasteiger partial charge is 0.265 e. The Labute approximate surface area is 171 Å². The first kappa shape index (κ1) is 20.9. The lowest BCUT2D eigenvalue weighted by Crippen LogP contribution is -2.32. The van der Waals surface area contributed by atoms with Crippen LogP contribution in [-0.2, 0) is 22.4 Å². The Morgan fingerprint density at radius 3 is 2.62 bits per heavy atom. The van der Waals surface area contributed by atoms with Crippen molar-refractivity contribution in [3.8, 4) is 5.75 Å². The van der Waals surface area contributed by atoms with Crippen LogP contribution in [0.1, 0.15) is 41.3 Å². The Balaban J connectivity index is 1.63. The van der Waals surface area contributed by atoms with Gasteiger partial charge in [-0.05, 0) is 68.0 Å². The van der Waals surface area contributed by atoms with Gasteiger partial charge in [0.15, 0.2) is 6.10 Å². The lowest BCUT2D eigenvalue weighted by molar-refractivity contribution is -0.122. The molecule has 0 aliphatic heterocycles. The zero-order valence-electron chi connectivity index (χ0n) is 17.0. The van der Waals surface area contributed by atoms with Crippen molar-refractivity contribution in [2.24, 2.45) is 0 Å². The summed E-state index contributed by atoms with van der Waals surface area (Å²) in [5.74, 6) is 0.125. The lowest BCUT2D eigenvalue weighted by Gasteiger charge is -2.19. The molecular weight excluding hydrogens is 368 g/mol. The molecule has 0 radical (unpaired) electrons. The van der Waals surface area contributed by atoms with E-state index in [0.717, 1.165) is 12.8 Å². The highest BCUT2D eigenvalue weighted by Gasteiger charge is 2.19. The molecule has 1 aliphatic rings. The minimum absolute atomic E-state index is 0.263. The number of benzene rings is 2. The summed E-state index contributed by atoms with van der Waals surface area (Å²) in [5, 5.41) is 5.57. The highest BCUT2D eigenvalue weighted by atomic mass is 16.5. The second-order valence-corrected chi connectivity index (χ2v) is 7.18. The van der Waals surface area contributed by atoms with Gasteiger partial charge in [0.2, 0.25) is 0 Å². The van der Waals surface area contributed by atoms with E-state index < -0.39 is 6.10 Å². The van der Waals surface area contributed by atoms with Crippen LogP contribution in [0.15, 0.2) is 42.5 Å². The van der Waals surface area contributed by atoms with Gasteiger partial charge in [-0.15, -0.1) is 0 Å². The van der Waals surface area contributed by atoms with Crippen molar-refractivity contribution in [3.05, 3.63) is 59.2 Å². The fourth-order valence-corrected chi connectivity index (χ4v) is 3.43. The van der Waals surface area contributed by atoms with Crippen LogP contribution in [0.25, 0.3) is 0 Å². The average Bonchev–Trinajstić information content (AvgIpc) is 2.74. The fraction of sp³-hybridized carbons (Fsp3) is 0.391. The van der Waals surface area contributed by atoms with Crippen molar-refractivity contribution >= 4 is 17.5 Å². The number of anilines is 1. The molecule has 0 aromatic heterocycles. The van der Waals surface area contributed by atoms with Gasteiger partial charge < -0.3 is 20.1 Å². The number of carbonyl (C=O) groups excluding carboxylic acids is 2. The maximum atomic E-state index is 12.7. The molecule has 2 N–H and O–H groups in total. The molecule has 0 bridgehead atoms. The molecule has 0 fully saturated rings. The van der Waals surface area contributed by atoms with Crippen LogP contribution in [-0.4, -0.2) is 38.2 Å². The number of fused-ring (bicyclic) bond motifs is 1. The Morgan fingerprint density at radius 2 is 1.83 bits per heavy atom. The number of nitrogens with one attached hydrogen (secondary N) is 2. The first-order valence-corrected chi connectivity index (χ1v) is 10.0. The number of methoxy groups -OCH3 is 1. The summed E-state index contributed by atoms with van der Waals surface area (Å²) in [5.41, 5.74) is 3.53. The molecule has 2 aromatic rings. The van der Waals surface area contributed by atoms with E-state index in [1.165, 1.54) is 24.0 Å². The van der Waals surface area contributed by atoms with Gasteiger partial charge in [-0.1, -0.05) is 18.2 Å². The molecule has 0 unspecified atom stereocenters. The molecule has 6 heteroatoms. The van der Waals surface area contributed by atoms with E-state index in [9.17, 15) is 9.59 Å². The Bertz CT molecular complexity index is 866. The zero-order chi connectivity index (χ0) is 20.6. The largest absolute Gasteiger partial charge is 0.481 e. The van der Waals surface area contributed by atoms with Crippen LogP contribution in [0, 0.1) is 0 Å². The molecule has 2 aromatic carbocycles. The molecule has 0 saturated carbocycles. The van der Waals surface area contributed by atoms with E-state index in [1.54, 1.807) is 38.3 Å². The van der Waals surface area contributed by atoms with Crippen LogP contribution in [0.2, 0.25) is 0 Å². The maximum Gasteiger partial charge on any atom is 0.265 e. The third kappa shape index (κ3) is 5.57. The van der Waals surface area contributed by atoms with Crippen molar-refractivity contribution in [3.63, 3.8) is 0 Å². The van der Waals surface area contributed by atoms with Crippen LogP contribution in [0.3, 0.4) is 0 Å². The number of ether oxygens (including phenoxy) is 2. The summed E-state index contributed by atoms with van der Waals surface area (Å²) in [6.45, 7) is 2.53. The standard InChI is InChI=1S/C23H28N2O4/c1-16(29-19-12-11-17-7-3-4-8-18(17)15-19)22(26)25-21-10-6-5-9-20(21)23(27)24-13-14-28-2/h5-6,9-12,15-16H,3-4,7-8,13-14H2,1-2H3,(H,24,27)(H,25,26)/t16-/m0/s1. The van der Waals surface area contributed by atoms with Crippen LogP contribution >= 0.6 is 0 Å². The molecule has 0 saturated heterocycles. The van der Waals surface area contributed by atoms with Crippen molar-refractivity contribution < 1.29 is 19.1 Å². The number of para-hydroxylation sites is 1. The van der Waals surface area contributed by atoms with Crippen molar-refractivity contribution in [1.29, 1.82) is 0 Å². The average molecular weight is 396 g/mol. The normalized spacial score (nSPS) is 13.9. The minimum atomic E-state index is -0.693. The molecule has 2 amide bonds. The number of amides is 2. The third-order valence-corrected chi connectivity index (χ3v) is 5.02. The first-order chi connectivity index (χ1) is 14.1. The van der Waals surface area contributed by atoms with E-state index >= 15 is 0 Å². The van der Waals surface area contributed by atoms with Gasteiger partial charge in [-0.2, -0.15) is 0 Å². The highest BCUT2D eigenvalue weighted by Crippen LogP contribution is 2.26. The molecular formula is C23H28N2O4. The van der Waals surface area contributed by atoms with Crippen LogP contribution in [0.4, 0.5) is 5.69 Å². The van der Waals surface area contributed by atoms with Gasteiger partial charge >= 0.3 is 0 Å². The van der Waals surface area contributed by atoms with E-state index in [4.69, 9.17) is 9.47 Å². The highest BCUT2D eigenvalue weighted by molar-refractivity contribution is 6.04. The maximum absolute atomic E-state index is 12.7. The molecule has 0 spiro atoms. The lowest BCUT2D eigenvalue weighted by atomic mass is 9.92. The van der Waals surface area contributed by atoms with E-state index in [0.29, 0.717) is 30.2 Å². The Hall–Kier alpha value is -2.86. The quantitative estimate of drug-likeness (QED) is 0.671. The predicted molar refractivity (Wildman–Crippen MR) is 112 cm³/mol. The summed E-state index contributed by atoms with van der Waals surface area (Å²) in [7, 11) is 1.57. The van der Waals surface area contributed by atoms with Crippen molar-refractivity contribution in [2.75, 3.05) is 25.6 Å². The number of rotatable bonds is 8. The molecule has 3 rings (SSSR count). The second-order valence-electron chi connectivity index (χ2n) is 7.18. The van der Waals surface area contributed by atoms with Gasteiger partial charge in [0, 0.05) is 13.7 Å². The monoisotopic (exact) mass is 396 g/mol. The van der Waals surface area contributed by atoms with E-state index in [-0.39, 0.29) is 11.8 Å². The van der Waals surface area contributed by atoms with Gasteiger partial charge in [-0.25, -0.2) is 0 Å². The van der Waals surface area contributed by atoms with Gasteiger partial charge in [0.1, 0.15) is 5.75 Å². The molecule has 6 nitrogen and oxygen atoms in total. The van der Waals surface area contributed by atoms with Gasteiger partial charge in [0.25, 0.3) is 11.8 Å². The fourth-order valence-electron chi connectivity index (χ4n) is 3.43. The zero-order valence-corrected chi connectivity index (χ0v) is 17.0. The number of carbonyl (C=O) groups is 2. The number of aryl methyl sites for hydroxylation is 2. The summed E-state index contributed by atoms with van der Waals surface area (Å²) in [6, 6.07) is 13.0. The Kier molecular flexibility index (Phi) is 7.25. The summed E-state index contributed by atoms with van der Waals surface area (Å²) in [4.78, 5) is 25.0. The van der Waals surface area contributed by atoms with Gasteiger partial charge in [-0.3, -0.25) is 9.59 Å². The van der Waals surface area contributed by atoms with Crippen molar-refractivity contribution in [1.82, 2.24) is 5.32 Å². The van der Waals surface area contributed by atoms with Crippen LogP contribution < -0.4 is 15.4 Å². The van der Waals surface area contributed by atoms with Gasteiger partial charge in [0.05, 0.1) is 17.9 Å². The summed E-state index contributed by atoms with van der Waals surface area (Å²) >= 11 is 0. The second kappa shape index (κ2) is 10.1. The number of hydrogen-bond donors (Lipinski definition) is 2. The van der Waals surface area contributed by atoms with Crippen molar-refractivity contribution in [2.45, 2.75) is 38.7 Å². The molecule has 29 heavy (non-hydrogen) atoms. The Morgan fingerprint density at radius 1 is 1.07 bits per heavy atom. The minimum Gasteiger partial charge on any atom is -0.481 e. The van der Waals surface area contributed by atoms with Crippen LogP contribution in [0.5, 0.6) is 5.75 Å². The first-order valence-electron chi connectivity index (χ1n) is 10.0. The molecule has 0 heterocycles. The van der Waals surface area contributed by atoms with E-state index in [1.807, 2.05) is 12.1 Å². The summed E-state index contributed by atoms with van der Waals surface area (Å²) < 4.78 is 10.8. The molecule has 154 valence electrons. The number of hydrogen-bond acceptors (Lipinski definition) is 4. The summed E-state index contributed by atoms with van der Waals surface area (Å²) in [6.07, 6.45) is 3.88. The third-order valence-electron chi connectivity index (χ3n) is 5.02. The van der Waals surface area contributed by atoms with E-state index in [2.05, 4.69) is 16.7 Å². The predicted octanol–water partition coefficient (Wildman–Crippen LogP) is 3.35.